The van der Waals surface area contributed by atoms with Crippen LogP contribution in [0.5, 0.6) is 0 Å². The molecule has 0 atom stereocenters. The smallest absolute Gasteiger partial charge is 0.142 e. The van der Waals surface area contributed by atoms with Gasteiger partial charge in [0.25, 0.3) is 0 Å². The molecule has 2 nitrogen and oxygen atoms in total. The van der Waals surface area contributed by atoms with E-state index in [-0.39, 0.29) is 0 Å². The number of rotatable bonds is 0. The van der Waals surface area contributed by atoms with Crippen molar-refractivity contribution in [3.8, 4) is 0 Å². The first-order valence-corrected chi connectivity index (χ1v) is 2.25. The molecule has 3 heteroatoms. The van der Waals surface area contributed by atoms with Gasteiger partial charge in [0.1, 0.15) is 11.3 Å². The van der Waals surface area contributed by atoms with E-state index in [0.29, 0.717) is 5.02 Å². The highest BCUT2D eigenvalue weighted by molar-refractivity contribution is 6.30. The molecular formula is C4H4ClNO. The number of aromatic nitrogens is 1. The Kier molecular flexibility index (Phi) is 1.02. The Morgan fingerprint density at radius 2 is 2.57 bits per heavy atom. The lowest BCUT2D eigenvalue weighted by molar-refractivity contribution is 0.415. The molecule has 1 aromatic rings. The van der Waals surface area contributed by atoms with Crippen LogP contribution in [0.1, 0.15) is 5.69 Å². The molecule has 0 spiro atoms. The minimum atomic E-state index is 0.583. The second-order valence-electron chi connectivity index (χ2n) is 1.25. The third kappa shape index (κ3) is 0.747. The summed E-state index contributed by atoms with van der Waals surface area (Å²) in [7, 11) is 0. The number of hydrogen-bond donors (Lipinski definition) is 0. The monoisotopic (exact) mass is 117 g/mol. The molecule has 1 heterocycles. The van der Waals surface area contributed by atoms with Crippen LogP contribution in [0, 0.1) is 6.92 Å². The second-order valence-corrected chi connectivity index (χ2v) is 1.66. The van der Waals surface area contributed by atoms with E-state index in [2.05, 4.69) is 9.68 Å². The molecule has 0 aromatic carbocycles. The van der Waals surface area contributed by atoms with Crippen LogP contribution in [0.3, 0.4) is 0 Å². The molecule has 0 amide bonds. The normalized spacial score (nSPS) is 9.43. The van der Waals surface area contributed by atoms with Crippen molar-refractivity contribution >= 4 is 11.6 Å². The van der Waals surface area contributed by atoms with E-state index in [9.17, 15) is 0 Å². The van der Waals surface area contributed by atoms with Crippen LogP contribution in [-0.2, 0) is 0 Å². The third-order valence-electron chi connectivity index (χ3n) is 0.691. The van der Waals surface area contributed by atoms with E-state index in [0.717, 1.165) is 5.69 Å². The Hall–Kier alpha value is -0.500. The highest BCUT2D eigenvalue weighted by Crippen LogP contribution is 2.10. The maximum Gasteiger partial charge on any atom is 0.142 e. The molecule has 38 valence electrons. The standard InChI is InChI=1S/C4H4ClNO/c1-3-4(5)2-7-6-3/h2H,1H3. The van der Waals surface area contributed by atoms with Gasteiger partial charge in [-0.2, -0.15) is 0 Å². The fraction of sp³-hybridized carbons (Fsp3) is 0.250. The Labute approximate surface area is 46.1 Å². The molecule has 0 aliphatic rings. The Morgan fingerprint density at radius 1 is 1.86 bits per heavy atom. The van der Waals surface area contributed by atoms with Gasteiger partial charge in [-0.3, -0.25) is 0 Å². The molecule has 0 aliphatic heterocycles. The highest BCUT2D eigenvalue weighted by atomic mass is 35.5. The first kappa shape index (κ1) is 4.65. The number of hydrogen-bond acceptors (Lipinski definition) is 2. The van der Waals surface area contributed by atoms with Gasteiger partial charge in [0, 0.05) is 0 Å². The fourth-order valence-corrected chi connectivity index (χ4v) is 0.355. The number of halogens is 1. The largest absolute Gasteiger partial charge is 0.363 e. The zero-order valence-corrected chi connectivity index (χ0v) is 4.57. The van der Waals surface area contributed by atoms with Gasteiger partial charge in [-0.15, -0.1) is 0 Å². The van der Waals surface area contributed by atoms with Gasteiger partial charge in [-0.1, -0.05) is 16.8 Å². The average molecular weight is 118 g/mol. The van der Waals surface area contributed by atoms with Crippen LogP contribution in [0.4, 0.5) is 0 Å². The molecule has 0 unspecified atom stereocenters. The lowest BCUT2D eigenvalue weighted by Gasteiger charge is -1.71. The predicted molar refractivity (Wildman–Crippen MR) is 26.2 cm³/mol. The molecule has 1 rings (SSSR count). The average Bonchev–Trinajstić information content (AvgIpc) is 1.91. The molecule has 0 bridgehead atoms. The molecule has 0 aliphatic carbocycles. The number of aryl methyl sites for hydroxylation is 1. The quantitative estimate of drug-likeness (QED) is 0.516. The van der Waals surface area contributed by atoms with Crippen molar-refractivity contribution < 1.29 is 4.52 Å². The Morgan fingerprint density at radius 3 is 2.71 bits per heavy atom. The van der Waals surface area contributed by atoms with Crippen LogP contribution in [0.25, 0.3) is 0 Å². The highest BCUT2D eigenvalue weighted by Gasteiger charge is 1.93. The van der Waals surface area contributed by atoms with Crippen LogP contribution in [-0.4, -0.2) is 5.16 Å². The van der Waals surface area contributed by atoms with E-state index < -0.39 is 0 Å². The summed E-state index contributed by atoms with van der Waals surface area (Å²) >= 11 is 5.47. The summed E-state index contributed by atoms with van der Waals surface area (Å²) in [5, 5.41) is 4.09. The first-order valence-electron chi connectivity index (χ1n) is 1.87. The molecule has 0 radical (unpaired) electrons. The van der Waals surface area contributed by atoms with E-state index in [1.54, 1.807) is 6.92 Å². The van der Waals surface area contributed by atoms with Crippen molar-refractivity contribution in [1.82, 2.24) is 5.16 Å². The molecule has 0 saturated carbocycles. The van der Waals surface area contributed by atoms with Gasteiger partial charge >= 0.3 is 0 Å². The summed E-state index contributed by atoms with van der Waals surface area (Å²) in [4.78, 5) is 0. The third-order valence-corrected chi connectivity index (χ3v) is 1.05. The van der Waals surface area contributed by atoms with E-state index in [1.807, 2.05) is 0 Å². The van der Waals surface area contributed by atoms with Crippen molar-refractivity contribution in [2.45, 2.75) is 6.92 Å². The molecular weight excluding hydrogens is 114 g/mol. The Balaban J connectivity index is 3.12. The van der Waals surface area contributed by atoms with Gasteiger partial charge in [-0.25, -0.2) is 0 Å². The van der Waals surface area contributed by atoms with Crippen molar-refractivity contribution in [3.05, 3.63) is 17.0 Å². The summed E-state index contributed by atoms with van der Waals surface area (Å²) in [6.07, 6.45) is 1.40. The van der Waals surface area contributed by atoms with Gasteiger partial charge in [0.2, 0.25) is 0 Å². The van der Waals surface area contributed by atoms with Crippen LogP contribution in [0.15, 0.2) is 10.8 Å². The van der Waals surface area contributed by atoms with Crippen LogP contribution < -0.4 is 0 Å². The molecule has 0 N–H and O–H groups in total. The zero-order valence-electron chi connectivity index (χ0n) is 3.81. The van der Waals surface area contributed by atoms with Crippen molar-refractivity contribution in [2.24, 2.45) is 0 Å². The Bertz CT molecular complexity index is 144. The predicted octanol–water partition coefficient (Wildman–Crippen LogP) is 1.64. The van der Waals surface area contributed by atoms with Crippen molar-refractivity contribution in [1.29, 1.82) is 0 Å². The molecule has 1 aromatic heterocycles. The van der Waals surface area contributed by atoms with Gasteiger partial charge in [0.15, 0.2) is 0 Å². The van der Waals surface area contributed by atoms with Crippen LogP contribution >= 0.6 is 11.6 Å². The summed E-state index contributed by atoms with van der Waals surface area (Å²) < 4.78 is 4.46. The van der Waals surface area contributed by atoms with Crippen molar-refractivity contribution in [2.75, 3.05) is 0 Å². The summed E-state index contributed by atoms with van der Waals surface area (Å²) in [6.45, 7) is 1.78. The maximum atomic E-state index is 5.47. The number of nitrogens with zero attached hydrogens (tertiary/aromatic N) is 1. The first-order chi connectivity index (χ1) is 3.30. The van der Waals surface area contributed by atoms with E-state index in [4.69, 9.17) is 11.6 Å². The summed E-state index contributed by atoms with van der Waals surface area (Å²) in [5.74, 6) is 0. The topological polar surface area (TPSA) is 26.0 Å². The SMILES string of the molecule is Cc1nocc1Cl. The zero-order chi connectivity index (χ0) is 5.28. The minimum Gasteiger partial charge on any atom is -0.363 e. The maximum absolute atomic E-state index is 5.47. The van der Waals surface area contributed by atoms with Gasteiger partial charge < -0.3 is 4.52 Å². The molecule has 0 fully saturated rings. The lowest BCUT2D eigenvalue weighted by Crippen LogP contribution is -1.64. The van der Waals surface area contributed by atoms with Gasteiger partial charge in [-0.05, 0) is 6.92 Å². The molecule has 0 saturated heterocycles. The van der Waals surface area contributed by atoms with E-state index in [1.165, 1.54) is 6.26 Å². The fourth-order valence-electron chi connectivity index (χ4n) is 0.281. The lowest BCUT2D eigenvalue weighted by atomic mass is 10.5. The van der Waals surface area contributed by atoms with E-state index >= 15 is 0 Å². The minimum absolute atomic E-state index is 0.583. The van der Waals surface area contributed by atoms with Crippen LogP contribution in [0.2, 0.25) is 5.02 Å². The summed E-state index contributed by atoms with van der Waals surface area (Å²) in [6, 6.07) is 0. The van der Waals surface area contributed by atoms with Gasteiger partial charge in [0.05, 0.1) is 5.69 Å². The van der Waals surface area contributed by atoms with Crippen molar-refractivity contribution in [3.63, 3.8) is 0 Å². The molecule has 7 heavy (non-hydrogen) atoms. The second kappa shape index (κ2) is 1.54. The summed E-state index contributed by atoms with van der Waals surface area (Å²) in [5.41, 5.74) is 0.738.